The van der Waals surface area contributed by atoms with E-state index < -0.39 is 260 Å². The zero-order valence-electron chi connectivity index (χ0n) is 45.2. The summed E-state index contributed by atoms with van der Waals surface area (Å²) in [6.45, 7) is 1.68. The van der Waals surface area contributed by atoms with Crippen LogP contribution in [0.2, 0.25) is 0 Å². The quantitative estimate of drug-likeness (QED) is 0.0606. The molecule has 38 atom stereocenters. The van der Waals surface area contributed by atoms with Crippen molar-refractivity contribution in [3.63, 3.8) is 0 Å². The molecule has 0 aromatic carbocycles. The standard InChI is InChI=1S/C48H82O35/c1-11-15(53)5-17(55)42(70-11)80-37-25(59)21(9-51)75-47(39(37)82-45-31(65)27(61)23(57)19(7-49)73-45)78-35-14(4)72-44(32(66)29(35)63)79-36-24(58)20(8-50)74-46(33(36)67)83-40-38(81-43-18(56)6-16(54)12(2)71-43)26(60)22(10-52)76-48(40)77-34-13(3)69-41(68)30(64)28(34)62/h11-68H,5-10H2,1-4H3/t11-,12-,13+,14+,15+,16+,17-,18-,19-,20-,21-,22-,23+,24+,25-,26-,27+,28+,29+,30-,31-,32-,33-,34+,35+,36+,37+,38+,39+,40+,41-,42-,43-,44+,45-,46-,47-,48-/m1/s1. The van der Waals surface area contributed by atoms with E-state index in [1.54, 1.807) is 0 Å². The Balaban J connectivity index is 1.04. The maximum absolute atomic E-state index is 12.0. The van der Waals surface area contributed by atoms with Crippen molar-refractivity contribution in [1.82, 2.24) is 0 Å². The lowest BCUT2D eigenvalue weighted by Crippen LogP contribution is -2.69. The molecule has 8 heterocycles. The SMILES string of the molecule is C[C@@H]1O[C@@H](O)[C@H](O)[C@H](O)[C@H]1O[C@H]1O[C@H](CO)[C@@H](O)[C@H](O[C@H]2O[C@H](C)[C@@H](O)C[C@H]2O)[C@@H]1O[C@H]1O[C@H](CO)[C@H](O)[C@H](O[C@@H]2O[C@@H](C)[C@H](O[C@H]3O[C@H](CO)[C@@H](O)[C@H](O[C@H]4O[C@H](C)[C@@H](O)C[C@H]4O)[C@@H]3O[C@H]3O[C@H](CO)[C@H](O)[C@H](O)[C@H]3O)[C@@H](O)[C@H]2O)[C@H]1O. The third-order valence-corrected chi connectivity index (χ3v) is 16.3. The minimum atomic E-state index is -2.25. The van der Waals surface area contributed by atoms with Crippen LogP contribution in [0.4, 0.5) is 0 Å². The van der Waals surface area contributed by atoms with E-state index >= 15 is 0 Å². The molecule has 0 unspecified atom stereocenters. The third kappa shape index (κ3) is 14.3. The van der Waals surface area contributed by atoms with Crippen molar-refractivity contribution in [1.29, 1.82) is 0 Å². The van der Waals surface area contributed by atoms with Gasteiger partial charge in [-0.1, -0.05) is 0 Å². The van der Waals surface area contributed by atoms with Crippen molar-refractivity contribution >= 4 is 0 Å². The van der Waals surface area contributed by atoms with Crippen LogP contribution in [0.15, 0.2) is 0 Å². The highest BCUT2D eigenvalue weighted by molar-refractivity contribution is 5.01. The molecule has 8 fully saturated rings. The van der Waals surface area contributed by atoms with Crippen LogP contribution in [0.3, 0.4) is 0 Å². The van der Waals surface area contributed by atoms with Gasteiger partial charge in [0.1, 0.15) is 146 Å². The average molecular weight is 1220 g/mol. The first-order chi connectivity index (χ1) is 39.2. The fraction of sp³-hybridized carbons (Fsp3) is 1.00. The second-order valence-corrected chi connectivity index (χ2v) is 22.1. The fourth-order valence-electron chi connectivity index (χ4n) is 11.1. The van der Waals surface area contributed by atoms with E-state index in [0.717, 1.165) is 0 Å². The maximum Gasteiger partial charge on any atom is 0.187 e. The van der Waals surface area contributed by atoms with Crippen molar-refractivity contribution in [2.24, 2.45) is 0 Å². The molecule has 8 aliphatic heterocycles. The zero-order chi connectivity index (χ0) is 60.8. The minimum Gasteiger partial charge on any atom is -0.394 e. The van der Waals surface area contributed by atoms with E-state index in [0.29, 0.717) is 0 Å². The van der Waals surface area contributed by atoms with Crippen LogP contribution in [0.5, 0.6) is 0 Å². The van der Waals surface area contributed by atoms with Crippen molar-refractivity contribution in [3.05, 3.63) is 0 Å². The van der Waals surface area contributed by atoms with Crippen molar-refractivity contribution in [2.75, 3.05) is 26.4 Å². The van der Waals surface area contributed by atoms with Crippen LogP contribution < -0.4 is 0 Å². The van der Waals surface area contributed by atoms with Gasteiger partial charge in [0, 0.05) is 12.8 Å². The Morgan fingerprint density at radius 1 is 0.253 bits per heavy atom. The molecule has 35 heteroatoms. The molecule has 0 aromatic rings. The van der Waals surface area contributed by atoms with Gasteiger partial charge in [-0.15, -0.1) is 0 Å². The second-order valence-electron chi connectivity index (χ2n) is 22.1. The molecule has 35 nitrogen and oxygen atoms in total. The lowest BCUT2D eigenvalue weighted by atomic mass is 9.95. The topological polar surface area (TPSA) is 543 Å². The van der Waals surface area contributed by atoms with Crippen LogP contribution in [-0.2, 0) is 71.1 Å². The first-order valence-electron chi connectivity index (χ1n) is 27.4. The Labute approximate surface area is 472 Å². The first-order valence-corrected chi connectivity index (χ1v) is 27.4. The van der Waals surface area contributed by atoms with Crippen LogP contribution in [0, 0.1) is 0 Å². The molecular weight excluding hydrogens is 1140 g/mol. The lowest BCUT2D eigenvalue weighted by molar-refractivity contribution is -0.412. The predicted octanol–water partition coefficient (Wildman–Crippen LogP) is -12.3. The highest BCUT2D eigenvalue weighted by atomic mass is 16.8. The molecule has 0 radical (unpaired) electrons. The Morgan fingerprint density at radius 3 is 1.01 bits per heavy atom. The van der Waals surface area contributed by atoms with Gasteiger partial charge in [0.25, 0.3) is 0 Å². The first kappa shape index (κ1) is 67.5. The van der Waals surface area contributed by atoms with Crippen LogP contribution in [0.25, 0.3) is 0 Å². The summed E-state index contributed by atoms with van der Waals surface area (Å²) in [4.78, 5) is 0. The Hall–Kier alpha value is -1.40. The van der Waals surface area contributed by atoms with Crippen molar-refractivity contribution < 1.29 is 173 Å². The van der Waals surface area contributed by atoms with Gasteiger partial charge in [-0.05, 0) is 27.7 Å². The highest BCUT2D eigenvalue weighted by Gasteiger charge is 2.59. The molecule has 83 heavy (non-hydrogen) atoms. The van der Waals surface area contributed by atoms with E-state index in [1.807, 2.05) is 0 Å². The van der Waals surface area contributed by atoms with Gasteiger partial charge in [-0.3, -0.25) is 0 Å². The molecule has 0 aliphatic carbocycles. The second kappa shape index (κ2) is 28.6. The summed E-state index contributed by atoms with van der Waals surface area (Å²) in [5.74, 6) is 0. The molecule has 8 rings (SSSR count). The summed E-state index contributed by atoms with van der Waals surface area (Å²) in [6, 6.07) is 0. The fourth-order valence-corrected chi connectivity index (χ4v) is 11.1. The van der Waals surface area contributed by atoms with Gasteiger partial charge in [0.05, 0.1) is 63.1 Å². The lowest BCUT2D eigenvalue weighted by Gasteiger charge is -2.51. The van der Waals surface area contributed by atoms with Gasteiger partial charge < -0.3 is 173 Å². The zero-order valence-corrected chi connectivity index (χ0v) is 45.2. The molecule has 8 saturated heterocycles. The average Bonchev–Trinajstić information content (AvgIpc) is 2.83. The van der Waals surface area contributed by atoms with Crippen molar-refractivity contribution in [2.45, 2.75) is 274 Å². The normalized spacial score (nSPS) is 54.8. The van der Waals surface area contributed by atoms with Gasteiger partial charge in [-0.2, -0.15) is 0 Å². The Morgan fingerprint density at radius 2 is 0.566 bits per heavy atom. The molecule has 0 amide bonds. The van der Waals surface area contributed by atoms with E-state index in [4.69, 9.17) is 71.1 Å². The number of aliphatic hydroxyl groups is 20. The van der Waals surface area contributed by atoms with E-state index in [2.05, 4.69) is 0 Å². The Bertz CT molecular complexity index is 1990. The highest BCUT2D eigenvalue weighted by Crippen LogP contribution is 2.40. The molecule has 0 bridgehead atoms. The summed E-state index contributed by atoms with van der Waals surface area (Å²) < 4.78 is 88.4. The summed E-state index contributed by atoms with van der Waals surface area (Å²) in [5, 5.41) is 218. The minimum absolute atomic E-state index is 0.279. The number of hydrogen-bond acceptors (Lipinski definition) is 35. The molecule has 484 valence electrons. The van der Waals surface area contributed by atoms with E-state index in [-0.39, 0.29) is 12.8 Å². The van der Waals surface area contributed by atoms with E-state index in [9.17, 15) is 102 Å². The molecule has 0 aromatic heterocycles. The molecule has 8 aliphatic rings. The summed E-state index contributed by atoms with van der Waals surface area (Å²) >= 11 is 0. The van der Waals surface area contributed by atoms with Gasteiger partial charge in [0.2, 0.25) is 0 Å². The van der Waals surface area contributed by atoms with Crippen LogP contribution in [0.1, 0.15) is 40.5 Å². The van der Waals surface area contributed by atoms with Gasteiger partial charge in [-0.25, -0.2) is 0 Å². The largest absolute Gasteiger partial charge is 0.394 e. The number of rotatable bonds is 18. The maximum atomic E-state index is 12.0. The van der Waals surface area contributed by atoms with Crippen molar-refractivity contribution in [3.8, 4) is 0 Å². The molecule has 0 saturated carbocycles. The smallest absolute Gasteiger partial charge is 0.187 e. The molecule has 0 spiro atoms. The molecule has 20 N–H and O–H groups in total. The molecular formula is C48H82O35. The monoisotopic (exact) mass is 1220 g/mol. The predicted molar refractivity (Wildman–Crippen MR) is 256 cm³/mol. The summed E-state index contributed by atoms with van der Waals surface area (Å²) in [7, 11) is 0. The summed E-state index contributed by atoms with van der Waals surface area (Å²) in [6.07, 6.45) is -67.7. The third-order valence-electron chi connectivity index (χ3n) is 16.3. The number of aliphatic hydroxyl groups excluding tert-OH is 20. The summed E-state index contributed by atoms with van der Waals surface area (Å²) in [5.41, 5.74) is 0. The number of hydrogen-bond donors (Lipinski definition) is 20. The van der Waals surface area contributed by atoms with Crippen LogP contribution in [-0.4, -0.2) is 362 Å². The van der Waals surface area contributed by atoms with Gasteiger partial charge in [0.15, 0.2) is 50.3 Å². The van der Waals surface area contributed by atoms with E-state index in [1.165, 1.54) is 27.7 Å². The number of ether oxygens (including phenoxy) is 15. The van der Waals surface area contributed by atoms with Crippen LogP contribution >= 0.6 is 0 Å². The Kier molecular flexibility index (Phi) is 23.3. The van der Waals surface area contributed by atoms with Gasteiger partial charge >= 0.3 is 0 Å².